The molecule has 3 aromatic heterocycles. The van der Waals surface area contributed by atoms with E-state index in [1.807, 2.05) is 43.3 Å². The maximum Gasteiger partial charge on any atom is 0.266 e. The molecule has 4 rings (SSSR count). The van der Waals surface area contributed by atoms with E-state index in [2.05, 4.69) is 27.9 Å². The number of aromatic nitrogens is 4. The number of nitrogen functional groups attached to an aromatic ring is 1. The van der Waals surface area contributed by atoms with E-state index in [1.165, 1.54) is 10.7 Å². The smallest absolute Gasteiger partial charge is 0.266 e. The number of hydrogen-bond acceptors (Lipinski definition) is 8. The van der Waals surface area contributed by atoms with E-state index < -0.39 is 6.04 Å². The predicted octanol–water partition coefficient (Wildman–Crippen LogP) is 3.07. The van der Waals surface area contributed by atoms with Crippen LogP contribution in [-0.2, 0) is 0 Å². The van der Waals surface area contributed by atoms with Crippen LogP contribution in [-0.4, -0.2) is 19.4 Å². The standard InChI is InChI=1S/C21H17N7OS/c1-12(26-20-14(10-22)19(23)24-11-25-20)18-17(13-6-2-3-7-15(13)30)21(29)28-9-5-4-8-16(28)27-18/h2-9,11-12,30H,1H3,(H3,23,24,25,26). The summed E-state index contributed by atoms with van der Waals surface area (Å²) in [6, 6.07) is 14.2. The average molecular weight is 415 g/mol. The van der Waals surface area contributed by atoms with E-state index in [-0.39, 0.29) is 22.8 Å². The fourth-order valence-electron chi connectivity index (χ4n) is 3.25. The van der Waals surface area contributed by atoms with Crippen LogP contribution in [0.1, 0.15) is 24.2 Å². The molecule has 8 nitrogen and oxygen atoms in total. The van der Waals surface area contributed by atoms with Crippen LogP contribution in [0, 0.1) is 11.3 Å². The van der Waals surface area contributed by atoms with Gasteiger partial charge in [-0.3, -0.25) is 9.20 Å². The summed E-state index contributed by atoms with van der Waals surface area (Å²) in [6.45, 7) is 1.84. The van der Waals surface area contributed by atoms with Crippen molar-refractivity contribution in [1.29, 1.82) is 5.26 Å². The highest BCUT2D eigenvalue weighted by Crippen LogP contribution is 2.31. The second kappa shape index (κ2) is 7.85. The molecule has 0 amide bonds. The van der Waals surface area contributed by atoms with Crippen LogP contribution >= 0.6 is 12.6 Å². The van der Waals surface area contributed by atoms with Crippen LogP contribution < -0.4 is 16.6 Å². The van der Waals surface area contributed by atoms with E-state index in [1.54, 1.807) is 18.3 Å². The summed E-state index contributed by atoms with van der Waals surface area (Å²) in [5, 5.41) is 12.6. The Hall–Kier alpha value is -3.90. The quantitative estimate of drug-likeness (QED) is 0.438. The van der Waals surface area contributed by atoms with Gasteiger partial charge in [0, 0.05) is 16.7 Å². The molecule has 0 aliphatic carbocycles. The Morgan fingerprint density at radius 1 is 1.20 bits per heavy atom. The molecule has 3 N–H and O–H groups in total. The summed E-state index contributed by atoms with van der Waals surface area (Å²) in [5.74, 6) is 0.354. The molecule has 148 valence electrons. The largest absolute Gasteiger partial charge is 0.382 e. The molecule has 4 aromatic rings. The van der Waals surface area contributed by atoms with Gasteiger partial charge in [0.15, 0.2) is 0 Å². The van der Waals surface area contributed by atoms with Gasteiger partial charge in [-0.2, -0.15) is 5.26 Å². The number of nitrogens with one attached hydrogen (secondary N) is 1. The van der Waals surface area contributed by atoms with Crippen molar-refractivity contribution in [1.82, 2.24) is 19.4 Å². The van der Waals surface area contributed by atoms with Gasteiger partial charge in [-0.1, -0.05) is 24.3 Å². The second-order valence-corrected chi connectivity index (χ2v) is 7.07. The number of thiol groups is 1. The highest BCUT2D eigenvalue weighted by molar-refractivity contribution is 7.80. The number of fused-ring (bicyclic) bond motifs is 1. The van der Waals surface area contributed by atoms with Crippen LogP contribution in [0.2, 0.25) is 0 Å². The van der Waals surface area contributed by atoms with Crippen molar-refractivity contribution in [3.05, 3.63) is 76.6 Å². The molecule has 0 aliphatic rings. The van der Waals surface area contributed by atoms with Crippen LogP contribution in [0.25, 0.3) is 16.8 Å². The number of hydrogen-bond donors (Lipinski definition) is 3. The zero-order valence-electron chi connectivity index (χ0n) is 15.9. The Labute approximate surface area is 177 Å². The lowest BCUT2D eigenvalue weighted by molar-refractivity contribution is 0.821. The monoisotopic (exact) mass is 415 g/mol. The molecule has 3 heterocycles. The van der Waals surface area contributed by atoms with Gasteiger partial charge in [-0.25, -0.2) is 15.0 Å². The van der Waals surface area contributed by atoms with Gasteiger partial charge in [0.2, 0.25) is 0 Å². The highest BCUT2D eigenvalue weighted by atomic mass is 32.1. The third-order valence-corrected chi connectivity index (χ3v) is 5.08. The summed E-state index contributed by atoms with van der Waals surface area (Å²) in [4.78, 5) is 26.8. The van der Waals surface area contributed by atoms with Crippen LogP contribution in [0.4, 0.5) is 11.6 Å². The summed E-state index contributed by atoms with van der Waals surface area (Å²) >= 11 is 4.53. The van der Waals surface area contributed by atoms with Gasteiger partial charge in [-0.15, -0.1) is 12.6 Å². The maximum atomic E-state index is 13.4. The van der Waals surface area contributed by atoms with Crippen molar-refractivity contribution >= 4 is 29.9 Å². The van der Waals surface area contributed by atoms with Gasteiger partial charge in [0.25, 0.3) is 5.56 Å². The van der Waals surface area contributed by atoms with E-state index in [0.717, 1.165) is 0 Å². The number of nitrogens with two attached hydrogens (primary N) is 1. The zero-order valence-corrected chi connectivity index (χ0v) is 16.8. The van der Waals surface area contributed by atoms with Crippen molar-refractivity contribution in [3.63, 3.8) is 0 Å². The van der Waals surface area contributed by atoms with Crippen LogP contribution in [0.15, 0.2) is 64.7 Å². The van der Waals surface area contributed by atoms with Gasteiger partial charge < -0.3 is 11.1 Å². The normalized spacial score (nSPS) is 11.8. The Morgan fingerprint density at radius 3 is 2.73 bits per heavy atom. The molecule has 1 aromatic carbocycles. The maximum absolute atomic E-state index is 13.4. The summed E-state index contributed by atoms with van der Waals surface area (Å²) in [6.07, 6.45) is 2.95. The first-order valence-corrected chi connectivity index (χ1v) is 9.52. The second-order valence-electron chi connectivity index (χ2n) is 6.58. The van der Waals surface area contributed by atoms with Crippen LogP contribution in [0.5, 0.6) is 0 Å². The minimum Gasteiger partial charge on any atom is -0.382 e. The molecule has 0 fully saturated rings. The van der Waals surface area contributed by atoms with Gasteiger partial charge in [0.1, 0.15) is 35.2 Å². The van der Waals surface area contributed by atoms with Gasteiger partial charge in [-0.05, 0) is 25.1 Å². The Kier molecular flexibility index (Phi) is 5.08. The van der Waals surface area contributed by atoms with E-state index in [9.17, 15) is 10.1 Å². The highest BCUT2D eigenvalue weighted by Gasteiger charge is 2.22. The molecule has 0 saturated carbocycles. The number of nitriles is 1. The van der Waals surface area contributed by atoms with Crippen molar-refractivity contribution < 1.29 is 0 Å². The topological polar surface area (TPSA) is 122 Å². The molecule has 0 saturated heterocycles. The SMILES string of the molecule is CC(Nc1ncnc(N)c1C#N)c1nc2ccccn2c(=O)c1-c1ccccc1S. The molecular weight excluding hydrogens is 398 g/mol. The molecule has 1 atom stereocenters. The van der Waals surface area contributed by atoms with Crippen molar-refractivity contribution in [2.45, 2.75) is 17.9 Å². The van der Waals surface area contributed by atoms with E-state index >= 15 is 0 Å². The first kappa shape index (κ1) is 19.4. The summed E-state index contributed by atoms with van der Waals surface area (Å²) < 4.78 is 1.50. The number of anilines is 2. The molecule has 0 aliphatic heterocycles. The molecule has 0 radical (unpaired) electrons. The Balaban J connectivity index is 1.93. The lowest BCUT2D eigenvalue weighted by Crippen LogP contribution is -2.23. The predicted molar refractivity (Wildman–Crippen MR) is 117 cm³/mol. The Bertz CT molecular complexity index is 1360. The first-order valence-electron chi connectivity index (χ1n) is 9.08. The lowest BCUT2D eigenvalue weighted by atomic mass is 10.0. The first-order chi connectivity index (χ1) is 14.5. The van der Waals surface area contributed by atoms with E-state index in [0.29, 0.717) is 27.4 Å². The molecule has 1 unspecified atom stereocenters. The fourth-order valence-corrected chi connectivity index (χ4v) is 3.52. The molecule has 9 heteroatoms. The molecule has 30 heavy (non-hydrogen) atoms. The fraction of sp³-hybridized carbons (Fsp3) is 0.0952. The molecule has 0 bridgehead atoms. The number of nitrogens with zero attached hydrogens (tertiary/aromatic N) is 5. The molecule has 0 spiro atoms. The lowest BCUT2D eigenvalue weighted by Gasteiger charge is -2.19. The van der Waals surface area contributed by atoms with Crippen LogP contribution in [0.3, 0.4) is 0 Å². The zero-order chi connectivity index (χ0) is 21.3. The average Bonchev–Trinajstić information content (AvgIpc) is 2.74. The number of pyridine rings is 1. The molecular formula is C21H17N7OS. The van der Waals surface area contributed by atoms with E-state index in [4.69, 9.17) is 10.7 Å². The van der Waals surface area contributed by atoms with Gasteiger partial charge >= 0.3 is 0 Å². The number of benzene rings is 1. The van der Waals surface area contributed by atoms with Crippen molar-refractivity contribution in [2.75, 3.05) is 11.1 Å². The summed E-state index contributed by atoms with van der Waals surface area (Å²) in [5.41, 5.74) is 7.82. The minimum absolute atomic E-state index is 0.0784. The Morgan fingerprint density at radius 2 is 1.97 bits per heavy atom. The third kappa shape index (κ3) is 3.33. The van der Waals surface area contributed by atoms with Crippen molar-refractivity contribution in [3.8, 4) is 17.2 Å². The van der Waals surface area contributed by atoms with Crippen molar-refractivity contribution in [2.24, 2.45) is 0 Å². The number of rotatable bonds is 4. The van der Waals surface area contributed by atoms with Gasteiger partial charge in [0.05, 0.1) is 17.3 Å². The summed E-state index contributed by atoms with van der Waals surface area (Å²) in [7, 11) is 0. The third-order valence-electron chi connectivity index (χ3n) is 4.69. The minimum atomic E-state index is -0.466.